The standard InChI is InChI=1S/C31H41N5O3S/c1-3-15-36-30(38)28(23-29(37)32-26-11-13-27(14-12-26)39-22-4-2)35(31(36)40)17-8-16-33-18-20-34(21-19-33)24-25-9-6-5-7-10-25/h3,5-7,9-14,28H,1,4,8,15-24H2,2H3,(H,32,37)/t28-/m1/s1. The van der Waals surface area contributed by atoms with Gasteiger partial charge in [-0.1, -0.05) is 43.3 Å². The van der Waals surface area contributed by atoms with E-state index in [1.54, 1.807) is 11.0 Å². The molecule has 2 fully saturated rings. The van der Waals surface area contributed by atoms with Gasteiger partial charge in [-0.25, -0.2) is 0 Å². The van der Waals surface area contributed by atoms with E-state index in [1.165, 1.54) is 5.56 Å². The van der Waals surface area contributed by atoms with Crippen LogP contribution in [-0.2, 0) is 16.1 Å². The van der Waals surface area contributed by atoms with Crippen molar-refractivity contribution in [3.05, 3.63) is 72.8 Å². The molecule has 2 saturated heterocycles. The van der Waals surface area contributed by atoms with Crippen LogP contribution in [0.3, 0.4) is 0 Å². The van der Waals surface area contributed by atoms with E-state index in [-0.39, 0.29) is 18.2 Å². The van der Waals surface area contributed by atoms with Crippen LogP contribution in [0.15, 0.2) is 67.3 Å². The van der Waals surface area contributed by atoms with Gasteiger partial charge in [0.05, 0.1) is 13.0 Å². The van der Waals surface area contributed by atoms with Gasteiger partial charge in [0.15, 0.2) is 5.11 Å². The second-order valence-electron chi connectivity index (χ2n) is 10.3. The molecular formula is C31H41N5O3S. The van der Waals surface area contributed by atoms with Gasteiger partial charge in [-0.15, -0.1) is 6.58 Å². The minimum Gasteiger partial charge on any atom is -0.494 e. The third-order valence-electron chi connectivity index (χ3n) is 7.29. The van der Waals surface area contributed by atoms with Crippen molar-refractivity contribution >= 4 is 34.8 Å². The molecule has 1 N–H and O–H groups in total. The lowest BCUT2D eigenvalue weighted by Crippen LogP contribution is -2.47. The molecule has 0 bridgehead atoms. The zero-order chi connectivity index (χ0) is 28.3. The Hall–Kier alpha value is -3.27. The largest absolute Gasteiger partial charge is 0.494 e. The predicted molar refractivity (Wildman–Crippen MR) is 163 cm³/mol. The summed E-state index contributed by atoms with van der Waals surface area (Å²) in [6.07, 6.45) is 3.51. The normalized spacial score (nSPS) is 18.3. The average molecular weight is 564 g/mol. The quantitative estimate of drug-likeness (QED) is 0.275. The number of carbonyl (C=O) groups is 2. The van der Waals surface area contributed by atoms with Crippen molar-refractivity contribution in [1.29, 1.82) is 0 Å². The fourth-order valence-electron chi connectivity index (χ4n) is 5.16. The lowest BCUT2D eigenvalue weighted by Gasteiger charge is -2.35. The summed E-state index contributed by atoms with van der Waals surface area (Å²) in [7, 11) is 0. The molecule has 2 amide bonds. The zero-order valence-corrected chi connectivity index (χ0v) is 24.3. The molecule has 4 rings (SSSR count). The summed E-state index contributed by atoms with van der Waals surface area (Å²) in [4.78, 5) is 34.6. The molecule has 9 heteroatoms. The number of nitrogens with zero attached hydrogens (tertiary/aromatic N) is 4. The number of hydrogen-bond acceptors (Lipinski definition) is 6. The maximum atomic E-state index is 13.2. The molecule has 40 heavy (non-hydrogen) atoms. The Morgan fingerprint density at radius 3 is 2.42 bits per heavy atom. The van der Waals surface area contributed by atoms with E-state index in [9.17, 15) is 9.59 Å². The summed E-state index contributed by atoms with van der Waals surface area (Å²) < 4.78 is 5.61. The highest BCUT2D eigenvalue weighted by Crippen LogP contribution is 2.23. The van der Waals surface area contributed by atoms with Crippen molar-refractivity contribution in [2.45, 2.75) is 38.8 Å². The monoisotopic (exact) mass is 563 g/mol. The smallest absolute Gasteiger partial charge is 0.252 e. The van der Waals surface area contributed by atoms with E-state index in [1.807, 2.05) is 29.2 Å². The van der Waals surface area contributed by atoms with Gasteiger partial charge in [-0.2, -0.15) is 0 Å². The summed E-state index contributed by atoms with van der Waals surface area (Å²) in [5, 5.41) is 3.40. The SMILES string of the molecule is C=CCN1C(=O)[C@@H](CC(=O)Nc2ccc(OCCC)cc2)N(CCCN2CCN(Cc3ccccc3)CC2)C1=S. The van der Waals surface area contributed by atoms with Gasteiger partial charge in [0.2, 0.25) is 5.91 Å². The summed E-state index contributed by atoms with van der Waals surface area (Å²) >= 11 is 5.68. The third kappa shape index (κ3) is 8.13. The number of nitrogens with one attached hydrogen (secondary N) is 1. The van der Waals surface area contributed by atoms with Gasteiger partial charge in [-0.05, 0) is 61.4 Å². The van der Waals surface area contributed by atoms with Crippen LogP contribution >= 0.6 is 12.2 Å². The van der Waals surface area contributed by atoms with E-state index < -0.39 is 6.04 Å². The highest BCUT2D eigenvalue weighted by atomic mass is 32.1. The van der Waals surface area contributed by atoms with Crippen LogP contribution in [0.1, 0.15) is 31.7 Å². The Morgan fingerprint density at radius 1 is 1.05 bits per heavy atom. The van der Waals surface area contributed by atoms with Crippen molar-refractivity contribution < 1.29 is 14.3 Å². The van der Waals surface area contributed by atoms with Crippen LogP contribution in [0.4, 0.5) is 5.69 Å². The Labute approximate surface area is 243 Å². The topological polar surface area (TPSA) is 68.4 Å². The molecular weight excluding hydrogens is 522 g/mol. The second kappa shape index (κ2) is 14.9. The molecule has 0 saturated carbocycles. The summed E-state index contributed by atoms with van der Waals surface area (Å²) in [5.74, 6) is 0.404. The minimum absolute atomic E-state index is 0.0405. The fourth-order valence-corrected chi connectivity index (χ4v) is 5.54. The zero-order valence-electron chi connectivity index (χ0n) is 23.5. The maximum Gasteiger partial charge on any atom is 0.252 e. The van der Waals surface area contributed by atoms with Crippen LogP contribution < -0.4 is 10.1 Å². The Balaban J connectivity index is 1.27. The number of carbonyl (C=O) groups excluding carboxylic acids is 2. The van der Waals surface area contributed by atoms with Crippen molar-refractivity contribution in [3.63, 3.8) is 0 Å². The molecule has 2 aromatic carbocycles. The summed E-state index contributed by atoms with van der Waals surface area (Å²) in [6.45, 7) is 13.5. The molecule has 0 radical (unpaired) electrons. The molecule has 8 nitrogen and oxygen atoms in total. The van der Waals surface area contributed by atoms with Crippen molar-refractivity contribution in [1.82, 2.24) is 19.6 Å². The number of amides is 2. The third-order valence-corrected chi connectivity index (χ3v) is 7.75. The number of anilines is 1. The molecule has 0 aliphatic carbocycles. The Bertz CT molecular complexity index is 1140. The van der Waals surface area contributed by atoms with Gasteiger partial charge in [0, 0.05) is 51.5 Å². The number of rotatable bonds is 14. The summed E-state index contributed by atoms with van der Waals surface area (Å²) in [6, 6.07) is 17.3. The van der Waals surface area contributed by atoms with Gasteiger partial charge in [0.1, 0.15) is 11.8 Å². The molecule has 0 aromatic heterocycles. The number of thiocarbonyl (C=S) groups is 1. The van der Waals surface area contributed by atoms with Crippen molar-refractivity contribution in [3.8, 4) is 5.75 Å². The van der Waals surface area contributed by atoms with Crippen LogP contribution in [-0.4, -0.2) is 95.0 Å². The Morgan fingerprint density at radius 2 is 1.75 bits per heavy atom. The first kappa shape index (κ1) is 29.7. The summed E-state index contributed by atoms with van der Waals surface area (Å²) in [5.41, 5.74) is 2.02. The molecule has 2 heterocycles. The molecule has 0 spiro atoms. The molecule has 1 atom stereocenters. The van der Waals surface area contributed by atoms with Crippen LogP contribution in [0.25, 0.3) is 0 Å². The molecule has 2 aliphatic heterocycles. The highest BCUT2D eigenvalue weighted by molar-refractivity contribution is 7.80. The number of piperazine rings is 1. The van der Waals surface area contributed by atoms with Gasteiger partial charge in [-0.3, -0.25) is 19.4 Å². The number of hydrogen-bond donors (Lipinski definition) is 1. The first-order valence-electron chi connectivity index (χ1n) is 14.2. The number of ether oxygens (including phenoxy) is 1. The molecule has 0 unspecified atom stereocenters. The van der Waals surface area contributed by atoms with E-state index in [0.717, 1.165) is 57.9 Å². The van der Waals surface area contributed by atoms with E-state index in [4.69, 9.17) is 17.0 Å². The van der Waals surface area contributed by atoms with Gasteiger partial charge in [0.25, 0.3) is 5.91 Å². The first-order valence-corrected chi connectivity index (χ1v) is 14.6. The lowest BCUT2D eigenvalue weighted by molar-refractivity contribution is -0.130. The van der Waals surface area contributed by atoms with Crippen LogP contribution in [0.5, 0.6) is 5.75 Å². The molecule has 2 aliphatic rings. The van der Waals surface area contributed by atoms with Crippen molar-refractivity contribution in [2.75, 3.05) is 57.7 Å². The predicted octanol–water partition coefficient (Wildman–Crippen LogP) is 4.00. The van der Waals surface area contributed by atoms with Crippen molar-refractivity contribution in [2.24, 2.45) is 0 Å². The maximum absolute atomic E-state index is 13.2. The Kier molecular flexibility index (Phi) is 11.1. The van der Waals surface area contributed by atoms with Gasteiger partial charge < -0.3 is 19.9 Å². The highest BCUT2D eigenvalue weighted by Gasteiger charge is 2.42. The first-order chi connectivity index (χ1) is 19.5. The molecule has 214 valence electrons. The minimum atomic E-state index is -0.609. The molecule has 2 aromatic rings. The second-order valence-corrected chi connectivity index (χ2v) is 10.7. The van der Waals surface area contributed by atoms with E-state index >= 15 is 0 Å². The fraction of sp³-hybridized carbons (Fsp3) is 0.452. The van der Waals surface area contributed by atoms with Crippen LogP contribution in [0.2, 0.25) is 0 Å². The van der Waals surface area contributed by atoms with E-state index in [2.05, 4.69) is 59.0 Å². The average Bonchev–Trinajstić information content (AvgIpc) is 3.18. The lowest BCUT2D eigenvalue weighted by atomic mass is 10.1. The number of benzene rings is 2. The van der Waals surface area contributed by atoms with Gasteiger partial charge >= 0.3 is 0 Å². The van der Waals surface area contributed by atoms with E-state index in [0.29, 0.717) is 30.5 Å². The van der Waals surface area contributed by atoms with Crippen LogP contribution in [0, 0.1) is 0 Å².